The number of nitrogens with one attached hydrogen (secondary N) is 2. The largest absolute Gasteiger partial charge is 0.462 e. The molecule has 2 N–H and O–H groups in total. The lowest BCUT2D eigenvalue weighted by Crippen LogP contribution is -2.63. The van der Waals surface area contributed by atoms with Gasteiger partial charge in [-0.15, -0.1) is 0 Å². The first-order chi connectivity index (χ1) is 31.1. The van der Waals surface area contributed by atoms with Gasteiger partial charge in [0.05, 0.1) is 12.5 Å². The second-order valence-corrected chi connectivity index (χ2v) is 23.6. The average Bonchev–Trinajstić information content (AvgIpc) is 3.57. The molecule has 0 bridgehead atoms. The Morgan fingerprint density at radius 2 is 1.58 bits per heavy atom. The van der Waals surface area contributed by atoms with E-state index < -0.39 is 5.54 Å². The Kier molecular flexibility index (Phi) is 14.6. The Morgan fingerprint density at radius 3 is 2.21 bits per heavy atom. The summed E-state index contributed by atoms with van der Waals surface area (Å²) in [6, 6.07) is 16.7. The van der Waals surface area contributed by atoms with E-state index >= 15 is 0 Å². The first kappa shape index (κ1) is 50.1. The predicted octanol–water partition coefficient (Wildman–Crippen LogP) is 11.2. The van der Waals surface area contributed by atoms with Crippen molar-refractivity contribution >= 4 is 41.5 Å². The molecule has 5 fully saturated rings. The number of methoxy groups -OCH3 is 1. The van der Waals surface area contributed by atoms with Gasteiger partial charge in [0.2, 0.25) is 5.91 Å². The van der Waals surface area contributed by atoms with Gasteiger partial charge >= 0.3 is 5.97 Å². The molecule has 2 aromatic rings. The van der Waals surface area contributed by atoms with E-state index in [2.05, 4.69) is 52.2 Å². The molecular weight excluding hydrogens is 848 g/mol. The van der Waals surface area contributed by atoms with E-state index in [-0.39, 0.29) is 75.0 Å². The van der Waals surface area contributed by atoms with Crippen LogP contribution in [0.25, 0.3) is 0 Å². The molecule has 360 valence electrons. The molecule has 6 aliphatic rings. The summed E-state index contributed by atoms with van der Waals surface area (Å²) < 4.78 is 11.3. The number of carbonyl (C=O) groups is 5. The zero-order valence-corrected chi connectivity index (χ0v) is 42.2. The van der Waals surface area contributed by atoms with Crippen LogP contribution in [0.2, 0.25) is 5.02 Å². The van der Waals surface area contributed by atoms with Gasteiger partial charge in [0.25, 0.3) is 5.91 Å². The van der Waals surface area contributed by atoms with Crippen LogP contribution in [-0.4, -0.2) is 55.2 Å². The first-order valence-corrected chi connectivity index (χ1v) is 25.3. The number of ether oxygens (including phenoxy) is 2. The van der Waals surface area contributed by atoms with Crippen molar-refractivity contribution in [2.75, 3.05) is 13.7 Å². The third-order valence-electron chi connectivity index (χ3n) is 18.4. The molecule has 2 aromatic carbocycles. The molecular formula is C56H77ClN2O7. The second-order valence-electron chi connectivity index (χ2n) is 23.1. The molecule has 10 heteroatoms. The number of halogens is 1. The summed E-state index contributed by atoms with van der Waals surface area (Å²) in [6.45, 7) is 20.7. The molecule has 0 aliphatic heterocycles. The van der Waals surface area contributed by atoms with E-state index in [1.165, 1.54) is 11.1 Å². The molecule has 2 amide bonds. The minimum Gasteiger partial charge on any atom is -0.462 e. The number of amides is 2. The summed E-state index contributed by atoms with van der Waals surface area (Å²) in [5.41, 5.74) is 2.87. The van der Waals surface area contributed by atoms with Crippen molar-refractivity contribution in [1.82, 2.24) is 10.6 Å². The number of esters is 1. The third-order valence-corrected chi connectivity index (χ3v) is 18.6. The summed E-state index contributed by atoms with van der Waals surface area (Å²) in [4.78, 5) is 65.3. The molecule has 0 heterocycles. The van der Waals surface area contributed by atoms with Crippen molar-refractivity contribution in [3.8, 4) is 0 Å². The zero-order valence-electron chi connectivity index (χ0n) is 41.4. The Balaban J connectivity index is 0.000000644. The van der Waals surface area contributed by atoms with Crippen LogP contribution in [0, 0.1) is 69.0 Å². The summed E-state index contributed by atoms with van der Waals surface area (Å²) in [5.74, 6) is 1.45. The maximum atomic E-state index is 14.0. The van der Waals surface area contributed by atoms with Gasteiger partial charge in [-0.2, -0.15) is 0 Å². The van der Waals surface area contributed by atoms with E-state index in [0.717, 1.165) is 63.2 Å². The fourth-order valence-electron chi connectivity index (χ4n) is 14.9. The number of carbonyl (C=O) groups excluding carboxylic acids is 5. The maximum Gasteiger partial charge on any atom is 0.309 e. The summed E-state index contributed by atoms with van der Waals surface area (Å²) in [5, 5.41) is 6.58. The highest BCUT2D eigenvalue weighted by Crippen LogP contribution is 2.73. The van der Waals surface area contributed by atoms with Gasteiger partial charge in [0.15, 0.2) is 5.78 Å². The van der Waals surface area contributed by atoms with Crippen LogP contribution in [0.4, 0.5) is 0 Å². The van der Waals surface area contributed by atoms with E-state index in [1.54, 1.807) is 45.2 Å². The number of hydrogen-bond donors (Lipinski definition) is 2. The normalized spacial score (nSPS) is 34.3. The number of fused-ring (bicyclic) bond motifs is 7. The van der Waals surface area contributed by atoms with Crippen molar-refractivity contribution in [3.05, 3.63) is 81.9 Å². The summed E-state index contributed by atoms with van der Waals surface area (Å²) in [6.07, 6.45) is 11.2. The first-order valence-electron chi connectivity index (χ1n) is 25.0. The number of ketones is 1. The SMILES string of the molecule is CC(C)C1=C2C3CCC4C(C)(CCC5C(C)(C)C(OC(=O)C6CC(C=O)C6C)CCC54C)C3CCC2(CCNC(=O)C(C)(C)NC(=O)c2ccc(Cl)cc2)CC1=O.COCc1ccccc1. The van der Waals surface area contributed by atoms with Crippen molar-refractivity contribution in [1.29, 1.82) is 0 Å². The lowest BCUT2D eigenvalue weighted by molar-refractivity contribution is -0.217. The van der Waals surface area contributed by atoms with Crippen LogP contribution in [-0.2, 0) is 35.3 Å². The van der Waals surface area contributed by atoms with E-state index in [0.29, 0.717) is 66.7 Å². The number of aldehydes is 1. The highest BCUT2D eigenvalue weighted by molar-refractivity contribution is 6.30. The molecule has 66 heavy (non-hydrogen) atoms. The van der Waals surface area contributed by atoms with E-state index in [4.69, 9.17) is 21.1 Å². The third kappa shape index (κ3) is 9.22. The quantitative estimate of drug-likeness (QED) is 0.160. The van der Waals surface area contributed by atoms with Crippen LogP contribution < -0.4 is 10.6 Å². The number of hydrogen-bond acceptors (Lipinski definition) is 7. The van der Waals surface area contributed by atoms with Crippen molar-refractivity contribution in [2.24, 2.45) is 69.0 Å². The maximum absolute atomic E-state index is 14.0. The minimum atomic E-state index is -1.13. The van der Waals surface area contributed by atoms with Gasteiger partial charge in [0, 0.05) is 47.4 Å². The number of Topliss-reactive ketones (excluding diaryl/α,β-unsaturated/α-hetero) is 1. The van der Waals surface area contributed by atoms with E-state index in [1.807, 2.05) is 37.3 Å². The fraction of sp³-hybridized carbons (Fsp3) is 0.661. The Labute approximate surface area is 399 Å². The number of rotatable bonds is 12. The fourth-order valence-corrected chi connectivity index (χ4v) is 15.0. The monoisotopic (exact) mass is 925 g/mol. The van der Waals surface area contributed by atoms with Gasteiger partial charge in [-0.25, -0.2) is 0 Å². The highest BCUT2D eigenvalue weighted by Gasteiger charge is 2.66. The van der Waals surface area contributed by atoms with Gasteiger partial charge in [-0.1, -0.05) is 96.0 Å². The number of benzene rings is 2. The molecule has 0 aromatic heterocycles. The molecule has 0 radical (unpaired) electrons. The van der Waals surface area contributed by atoms with Crippen LogP contribution in [0.5, 0.6) is 0 Å². The Bertz CT molecular complexity index is 2170. The molecule has 11 unspecified atom stereocenters. The van der Waals surface area contributed by atoms with Crippen LogP contribution >= 0.6 is 11.6 Å². The molecule has 11 atom stereocenters. The smallest absolute Gasteiger partial charge is 0.309 e. The topological polar surface area (TPSA) is 128 Å². The standard InChI is InChI=1S/C48H67ClN2O6.C8H10O/c1-27(2)39-35(53)25-48(22-23-50-43(56)45(6,7)51-41(54)29-10-12-31(49)13-11-29)21-16-34-32(40(39)48)14-15-37-46(34,8)19-17-36-44(4,5)38(18-20-47(36,37)9)57-42(55)33-24-30(26-52)28(33)3;1-9-7-8-5-3-2-4-6-8/h10-13,26-28,30,32-34,36-38H,14-25H2,1-9H3,(H,50,56)(H,51,54);2-6H,7H2,1H3. The average molecular weight is 926 g/mol. The zero-order chi connectivity index (χ0) is 48.0. The van der Waals surface area contributed by atoms with Crippen molar-refractivity contribution in [2.45, 2.75) is 151 Å². The van der Waals surface area contributed by atoms with Crippen LogP contribution in [0.3, 0.4) is 0 Å². The highest BCUT2D eigenvalue weighted by atomic mass is 35.5. The number of allylic oxidation sites excluding steroid dienone is 2. The van der Waals surface area contributed by atoms with Crippen LogP contribution in [0.1, 0.15) is 149 Å². The van der Waals surface area contributed by atoms with Gasteiger partial charge in [-0.05, 0) is 160 Å². The molecule has 0 saturated heterocycles. The molecule has 9 nitrogen and oxygen atoms in total. The summed E-state index contributed by atoms with van der Waals surface area (Å²) >= 11 is 6.01. The Hall–Kier alpha value is -3.82. The van der Waals surface area contributed by atoms with Gasteiger partial charge in [0.1, 0.15) is 17.9 Å². The lowest BCUT2D eigenvalue weighted by atomic mass is 9.36. The predicted molar refractivity (Wildman–Crippen MR) is 259 cm³/mol. The summed E-state index contributed by atoms with van der Waals surface area (Å²) in [7, 11) is 1.70. The lowest BCUT2D eigenvalue weighted by Gasteiger charge is -2.69. The molecule has 6 aliphatic carbocycles. The van der Waals surface area contributed by atoms with Crippen LogP contribution in [0.15, 0.2) is 65.7 Å². The second kappa shape index (κ2) is 19.3. The van der Waals surface area contributed by atoms with Crippen molar-refractivity contribution in [3.63, 3.8) is 0 Å². The molecule has 0 spiro atoms. The molecule has 8 rings (SSSR count). The Morgan fingerprint density at radius 1 is 0.894 bits per heavy atom. The van der Waals surface area contributed by atoms with Gasteiger partial charge < -0.3 is 24.9 Å². The minimum absolute atomic E-state index is 0.0308. The van der Waals surface area contributed by atoms with Crippen molar-refractivity contribution < 1.29 is 33.4 Å². The van der Waals surface area contributed by atoms with E-state index in [9.17, 15) is 24.0 Å². The van der Waals surface area contributed by atoms with Gasteiger partial charge in [-0.3, -0.25) is 19.2 Å². The molecule has 5 saturated carbocycles.